The van der Waals surface area contributed by atoms with E-state index in [9.17, 15) is 14.4 Å². The summed E-state index contributed by atoms with van der Waals surface area (Å²) in [7, 11) is 1.52. The van der Waals surface area contributed by atoms with Crippen molar-refractivity contribution in [1.29, 1.82) is 0 Å². The first-order chi connectivity index (χ1) is 14.9. The number of carbonyl (C=O) groups is 3. The maximum Gasteiger partial charge on any atom is 0.335 e. The second-order valence-corrected chi connectivity index (χ2v) is 6.90. The normalized spacial score (nSPS) is 15.9. The van der Waals surface area contributed by atoms with Crippen LogP contribution in [0.15, 0.2) is 47.6 Å². The molecule has 1 unspecified atom stereocenters. The maximum atomic E-state index is 11.9. The molecule has 1 aliphatic heterocycles. The Morgan fingerprint density at radius 3 is 2.68 bits per heavy atom. The summed E-state index contributed by atoms with van der Waals surface area (Å²) in [4.78, 5) is 34.5. The monoisotopic (exact) mass is 445 g/mol. The molecule has 31 heavy (non-hydrogen) atoms. The van der Waals surface area contributed by atoms with E-state index >= 15 is 0 Å². The lowest BCUT2D eigenvalue weighted by atomic mass is 10.2. The van der Waals surface area contributed by atoms with E-state index < -0.39 is 23.9 Å². The standard InChI is InChI=1S/C20H20ClN5O5/c1-30-17-8-13(4-7-16(17)31-11-12-2-5-14(21)6-3-12)10-22-25-18(27)9-15-19(28)23-20(29)26-24-15/h2-8,10,15,24H,9,11H2,1H3,(H,25,27)(H2,23,26,28,29)/b22-10+. The molecule has 10 nitrogen and oxygen atoms in total. The third-order valence-electron chi connectivity index (χ3n) is 4.20. The van der Waals surface area contributed by atoms with E-state index in [0.29, 0.717) is 28.7 Å². The van der Waals surface area contributed by atoms with Crippen LogP contribution in [0.5, 0.6) is 11.5 Å². The van der Waals surface area contributed by atoms with E-state index in [4.69, 9.17) is 21.1 Å². The van der Waals surface area contributed by atoms with Gasteiger partial charge in [-0.25, -0.2) is 15.6 Å². The van der Waals surface area contributed by atoms with E-state index in [1.54, 1.807) is 30.3 Å². The fourth-order valence-corrected chi connectivity index (χ4v) is 2.75. The number of imide groups is 1. The molecule has 11 heteroatoms. The predicted molar refractivity (Wildman–Crippen MR) is 113 cm³/mol. The molecule has 2 aromatic carbocycles. The first-order valence-corrected chi connectivity index (χ1v) is 9.56. The highest BCUT2D eigenvalue weighted by molar-refractivity contribution is 6.30. The fourth-order valence-electron chi connectivity index (χ4n) is 2.63. The largest absolute Gasteiger partial charge is 0.493 e. The summed E-state index contributed by atoms with van der Waals surface area (Å²) < 4.78 is 11.2. The Labute approximate surface area is 182 Å². The van der Waals surface area contributed by atoms with Crippen molar-refractivity contribution in [1.82, 2.24) is 21.6 Å². The Morgan fingerprint density at radius 2 is 1.97 bits per heavy atom. The smallest absolute Gasteiger partial charge is 0.335 e. The Bertz CT molecular complexity index is 996. The quantitative estimate of drug-likeness (QED) is 0.359. The molecule has 4 N–H and O–H groups in total. The molecule has 0 aromatic heterocycles. The van der Waals surface area contributed by atoms with Crippen molar-refractivity contribution in [2.75, 3.05) is 7.11 Å². The van der Waals surface area contributed by atoms with Crippen molar-refractivity contribution in [3.05, 3.63) is 58.6 Å². The average molecular weight is 446 g/mol. The van der Waals surface area contributed by atoms with Gasteiger partial charge in [0, 0.05) is 5.02 Å². The third kappa shape index (κ3) is 6.43. The van der Waals surface area contributed by atoms with Gasteiger partial charge in [-0.05, 0) is 41.5 Å². The average Bonchev–Trinajstić information content (AvgIpc) is 2.75. The molecule has 1 saturated heterocycles. The van der Waals surface area contributed by atoms with E-state index in [2.05, 4.69) is 26.7 Å². The van der Waals surface area contributed by atoms with Crippen LogP contribution in [0.3, 0.4) is 0 Å². The van der Waals surface area contributed by atoms with E-state index in [1.807, 2.05) is 12.1 Å². The zero-order valence-corrected chi connectivity index (χ0v) is 17.2. The Morgan fingerprint density at radius 1 is 1.19 bits per heavy atom. The van der Waals surface area contributed by atoms with Crippen molar-refractivity contribution in [3.63, 3.8) is 0 Å². The van der Waals surface area contributed by atoms with Crippen LogP contribution in [0.1, 0.15) is 17.5 Å². The minimum absolute atomic E-state index is 0.204. The number of hydrogen-bond acceptors (Lipinski definition) is 7. The Hall–Kier alpha value is -3.63. The molecule has 0 bridgehead atoms. The number of methoxy groups -OCH3 is 1. The van der Waals surface area contributed by atoms with Gasteiger partial charge in [0.05, 0.1) is 19.7 Å². The van der Waals surface area contributed by atoms with Crippen molar-refractivity contribution in [2.24, 2.45) is 5.10 Å². The van der Waals surface area contributed by atoms with Gasteiger partial charge in [0.15, 0.2) is 11.5 Å². The number of rotatable bonds is 8. The highest BCUT2D eigenvalue weighted by Crippen LogP contribution is 2.28. The van der Waals surface area contributed by atoms with Gasteiger partial charge < -0.3 is 9.47 Å². The van der Waals surface area contributed by atoms with Crippen LogP contribution in [-0.4, -0.2) is 37.2 Å². The fraction of sp³-hybridized carbons (Fsp3) is 0.200. The lowest BCUT2D eigenvalue weighted by molar-refractivity contribution is -0.128. The highest BCUT2D eigenvalue weighted by atomic mass is 35.5. The number of benzene rings is 2. The number of urea groups is 1. The number of hydrogen-bond donors (Lipinski definition) is 4. The number of ether oxygens (including phenoxy) is 2. The van der Waals surface area contributed by atoms with Gasteiger partial charge in [0.2, 0.25) is 11.8 Å². The van der Waals surface area contributed by atoms with Gasteiger partial charge in [-0.3, -0.25) is 20.3 Å². The first kappa shape index (κ1) is 22.1. The third-order valence-corrected chi connectivity index (χ3v) is 4.45. The zero-order valence-electron chi connectivity index (χ0n) is 16.5. The summed E-state index contributed by atoms with van der Waals surface area (Å²) in [6.07, 6.45) is 1.23. The van der Waals surface area contributed by atoms with Crippen LogP contribution < -0.4 is 31.1 Å². The highest BCUT2D eigenvalue weighted by Gasteiger charge is 2.27. The second kappa shape index (κ2) is 10.4. The van der Waals surface area contributed by atoms with Gasteiger partial charge in [-0.2, -0.15) is 5.10 Å². The molecular weight excluding hydrogens is 426 g/mol. The van der Waals surface area contributed by atoms with E-state index in [0.717, 1.165) is 5.56 Å². The molecule has 4 amide bonds. The van der Waals surface area contributed by atoms with Crippen LogP contribution in [-0.2, 0) is 16.2 Å². The van der Waals surface area contributed by atoms with Gasteiger partial charge in [-0.15, -0.1) is 0 Å². The zero-order chi connectivity index (χ0) is 22.2. The summed E-state index contributed by atoms with van der Waals surface area (Å²) in [6.45, 7) is 0.347. The van der Waals surface area contributed by atoms with Crippen LogP contribution >= 0.6 is 11.6 Å². The van der Waals surface area contributed by atoms with Crippen LogP contribution in [0.4, 0.5) is 4.79 Å². The molecule has 0 radical (unpaired) electrons. The van der Waals surface area contributed by atoms with Crippen molar-refractivity contribution in [2.45, 2.75) is 19.1 Å². The first-order valence-electron chi connectivity index (χ1n) is 9.18. The SMILES string of the molecule is COc1cc(/C=N/NC(=O)CC2NNC(=O)NC2=O)ccc1OCc1ccc(Cl)cc1. The number of nitrogens with zero attached hydrogens (tertiary/aromatic N) is 1. The molecule has 1 atom stereocenters. The number of carbonyl (C=O) groups excluding carboxylic acids is 3. The summed E-state index contributed by atoms with van der Waals surface area (Å²) in [6, 6.07) is 11.0. The second-order valence-electron chi connectivity index (χ2n) is 6.46. The Kier molecular flexibility index (Phi) is 7.41. The van der Waals surface area contributed by atoms with E-state index in [-0.39, 0.29) is 6.42 Å². The van der Waals surface area contributed by atoms with Crippen molar-refractivity contribution < 1.29 is 23.9 Å². The molecule has 0 saturated carbocycles. The predicted octanol–water partition coefficient (Wildman–Crippen LogP) is 1.48. The molecule has 3 rings (SSSR count). The van der Waals surface area contributed by atoms with Gasteiger partial charge in [0.25, 0.3) is 0 Å². The van der Waals surface area contributed by atoms with Gasteiger partial charge in [-0.1, -0.05) is 23.7 Å². The molecule has 1 aliphatic rings. The van der Waals surface area contributed by atoms with Crippen molar-refractivity contribution in [3.8, 4) is 11.5 Å². The molecule has 0 spiro atoms. The minimum Gasteiger partial charge on any atom is -0.493 e. The number of hydrazone groups is 1. The summed E-state index contributed by atoms with van der Waals surface area (Å²) in [5.41, 5.74) is 8.62. The number of nitrogens with one attached hydrogen (secondary N) is 4. The summed E-state index contributed by atoms with van der Waals surface area (Å²) >= 11 is 5.88. The van der Waals surface area contributed by atoms with Crippen LogP contribution in [0.25, 0.3) is 0 Å². The molecule has 1 fully saturated rings. The van der Waals surface area contributed by atoms with Crippen molar-refractivity contribution >= 4 is 35.7 Å². The lowest BCUT2D eigenvalue weighted by Crippen LogP contribution is -2.63. The summed E-state index contributed by atoms with van der Waals surface area (Å²) in [5, 5.41) is 6.58. The van der Waals surface area contributed by atoms with Gasteiger partial charge in [0.1, 0.15) is 12.6 Å². The molecule has 1 heterocycles. The molecule has 2 aromatic rings. The minimum atomic E-state index is -0.884. The van der Waals surface area contributed by atoms with Gasteiger partial charge >= 0.3 is 6.03 Å². The number of halogens is 1. The number of hydrazine groups is 1. The molecule has 0 aliphatic carbocycles. The Balaban J connectivity index is 1.53. The topological polar surface area (TPSA) is 130 Å². The summed E-state index contributed by atoms with van der Waals surface area (Å²) in [5.74, 6) is -0.0464. The van der Waals surface area contributed by atoms with E-state index in [1.165, 1.54) is 13.3 Å². The number of amides is 4. The lowest BCUT2D eigenvalue weighted by Gasteiger charge is -2.22. The molecular formula is C20H20ClN5O5. The molecule has 162 valence electrons. The van der Waals surface area contributed by atoms with Crippen LogP contribution in [0, 0.1) is 0 Å². The van der Waals surface area contributed by atoms with Crippen LogP contribution in [0.2, 0.25) is 5.02 Å². The maximum absolute atomic E-state index is 11.9.